The van der Waals surface area contributed by atoms with Crippen molar-refractivity contribution in [1.82, 2.24) is 20.0 Å². The van der Waals surface area contributed by atoms with E-state index in [-0.39, 0.29) is 5.69 Å². The maximum absolute atomic E-state index is 11.1. The lowest BCUT2D eigenvalue weighted by atomic mass is 10.0. The Bertz CT molecular complexity index is 538. The molecule has 0 fully saturated rings. The molecule has 0 saturated heterocycles. The molecule has 0 bridgehead atoms. The lowest BCUT2D eigenvalue weighted by Crippen LogP contribution is -2.43. The number of hydrogen-bond acceptors (Lipinski definition) is 3. The zero-order valence-corrected chi connectivity index (χ0v) is 11.5. The lowest BCUT2D eigenvalue weighted by Gasteiger charge is -2.29. The van der Waals surface area contributed by atoms with Crippen LogP contribution in [0.25, 0.3) is 0 Å². The van der Waals surface area contributed by atoms with Crippen LogP contribution < -0.4 is 5.32 Å². The van der Waals surface area contributed by atoms with E-state index in [2.05, 4.69) is 17.0 Å². The Labute approximate surface area is 116 Å². The molecule has 19 heavy (non-hydrogen) atoms. The molecular weight excluding hydrogens is 264 g/mol. The number of carboxylic acids is 1. The van der Waals surface area contributed by atoms with Crippen molar-refractivity contribution >= 4 is 23.3 Å². The van der Waals surface area contributed by atoms with E-state index in [0.29, 0.717) is 31.2 Å². The van der Waals surface area contributed by atoms with Crippen LogP contribution in [0.1, 0.15) is 21.7 Å². The van der Waals surface area contributed by atoms with Gasteiger partial charge in [-0.15, -0.1) is 6.58 Å². The first-order valence-electron chi connectivity index (χ1n) is 5.96. The SMILES string of the molecule is C=CCNC(=S)N1CCc2c(C(=O)O)nn(C)c2C1. The van der Waals surface area contributed by atoms with E-state index in [1.54, 1.807) is 17.8 Å². The summed E-state index contributed by atoms with van der Waals surface area (Å²) in [6, 6.07) is 0. The standard InChI is InChI=1S/C12H16N4O2S/c1-3-5-13-12(19)16-6-4-8-9(7-16)15(2)14-10(8)11(17)18/h3H,1,4-7H2,2H3,(H,13,19)(H,17,18). The number of thiocarbonyl (C=S) groups is 1. The molecule has 1 aromatic rings. The first-order chi connectivity index (χ1) is 9.04. The molecule has 102 valence electrons. The van der Waals surface area contributed by atoms with Crippen LogP contribution in [0, 0.1) is 0 Å². The van der Waals surface area contributed by atoms with Gasteiger partial charge in [-0.1, -0.05) is 6.08 Å². The van der Waals surface area contributed by atoms with Gasteiger partial charge >= 0.3 is 5.97 Å². The summed E-state index contributed by atoms with van der Waals surface area (Å²) in [7, 11) is 1.76. The second-order valence-electron chi connectivity index (χ2n) is 4.35. The van der Waals surface area contributed by atoms with Crippen LogP contribution in [-0.2, 0) is 20.0 Å². The molecule has 0 radical (unpaired) electrons. The van der Waals surface area contributed by atoms with Crippen LogP contribution in [0.4, 0.5) is 0 Å². The summed E-state index contributed by atoms with van der Waals surface area (Å²) in [5.41, 5.74) is 1.88. The van der Waals surface area contributed by atoms with Crippen LogP contribution in [0.3, 0.4) is 0 Å². The molecule has 0 amide bonds. The van der Waals surface area contributed by atoms with E-state index >= 15 is 0 Å². The number of hydrogen-bond donors (Lipinski definition) is 2. The van der Waals surface area contributed by atoms with Gasteiger partial charge in [-0.05, 0) is 18.6 Å². The van der Waals surface area contributed by atoms with Gasteiger partial charge in [0.25, 0.3) is 0 Å². The van der Waals surface area contributed by atoms with Crippen molar-refractivity contribution < 1.29 is 9.90 Å². The number of rotatable bonds is 3. The summed E-state index contributed by atoms with van der Waals surface area (Å²) >= 11 is 5.29. The van der Waals surface area contributed by atoms with Crippen molar-refractivity contribution in [3.63, 3.8) is 0 Å². The van der Waals surface area contributed by atoms with E-state index in [1.165, 1.54) is 0 Å². The highest BCUT2D eigenvalue weighted by Gasteiger charge is 2.27. The molecule has 2 N–H and O–H groups in total. The van der Waals surface area contributed by atoms with E-state index < -0.39 is 5.97 Å². The van der Waals surface area contributed by atoms with E-state index in [1.807, 2.05) is 4.90 Å². The van der Waals surface area contributed by atoms with E-state index in [9.17, 15) is 4.79 Å². The van der Waals surface area contributed by atoms with Gasteiger partial charge in [-0.3, -0.25) is 4.68 Å². The number of carboxylic acid groups (broad SMARTS) is 1. The maximum Gasteiger partial charge on any atom is 0.356 e. The molecule has 2 heterocycles. The Hall–Kier alpha value is -1.89. The number of aromatic carboxylic acids is 1. The number of aromatic nitrogens is 2. The maximum atomic E-state index is 11.1. The molecule has 0 spiro atoms. The third kappa shape index (κ3) is 2.60. The lowest BCUT2D eigenvalue weighted by molar-refractivity contribution is 0.0688. The fourth-order valence-electron chi connectivity index (χ4n) is 2.19. The number of carbonyl (C=O) groups is 1. The summed E-state index contributed by atoms with van der Waals surface area (Å²) in [4.78, 5) is 13.1. The van der Waals surface area contributed by atoms with Gasteiger partial charge in [-0.25, -0.2) is 4.79 Å². The summed E-state index contributed by atoms with van der Waals surface area (Å²) in [6.45, 7) is 5.52. The van der Waals surface area contributed by atoms with E-state index in [4.69, 9.17) is 17.3 Å². The number of fused-ring (bicyclic) bond motifs is 1. The van der Waals surface area contributed by atoms with Gasteiger partial charge in [-0.2, -0.15) is 5.10 Å². The van der Waals surface area contributed by atoms with Gasteiger partial charge in [0.1, 0.15) is 0 Å². The highest BCUT2D eigenvalue weighted by molar-refractivity contribution is 7.80. The second kappa shape index (κ2) is 5.40. The van der Waals surface area contributed by atoms with Crippen LogP contribution in [0.2, 0.25) is 0 Å². The average Bonchev–Trinajstić information content (AvgIpc) is 2.73. The van der Waals surface area contributed by atoms with Crippen LogP contribution in [0.15, 0.2) is 12.7 Å². The first-order valence-corrected chi connectivity index (χ1v) is 6.37. The minimum atomic E-state index is -0.974. The second-order valence-corrected chi connectivity index (χ2v) is 4.74. The molecule has 1 aromatic heterocycles. The van der Waals surface area contributed by atoms with Gasteiger partial charge in [0.05, 0.1) is 12.2 Å². The molecule has 1 aliphatic rings. The third-order valence-electron chi connectivity index (χ3n) is 3.13. The quantitative estimate of drug-likeness (QED) is 0.622. The molecule has 6 nitrogen and oxygen atoms in total. The van der Waals surface area contributed by atoms with Gasteiger partial charge in [0.15, 0.2) is 10.8 Å². The predicted molar refractivity (Wildman–Crippen MR) is 75.1 cm³/mol. The fraction of sp³-hybridized carbons (Fsp3) is 0.417. The summed E-state index contributed by atoms with van der Waals surface area (Å²) in [5.74, 6) is -0.974. The Morgan fingerprint density at radius 1 is 1.68 bits per heavy atom. The largest absolute Gasteiger partial charge is 0.476 e. The summed E-state index contributed by atoms with van der Waals surface area (Å²) in [5, 5.41) is 16.9. The monoisotopic (exact) mass is 280 g/mol. The third-order valence-corrected chi connectivity index (χ3v) is 3.54. The van der Waals surface area contributed by atoms with Gasteiger partial charge in [0, 0.05) is 25.7 Å². The van der Waals surface area contributed by atoms with Crippen LogP contribution in [0.5, 0.6) is 0 Å². The number of aryl methyl sites for hydroxylation is 1. The minimum absolute atomic E-state index is 0.155. The molecule has 0 saturated carbocycles. The number of nitrogens with one attached hydrogen (secondary N) is 1. The Morgan fingerprint density at radius 3 is 3.05 bits per heavy atom. The molecule has 2 rings (SSSR count). The van der Waals surface area contributed by atoms with Gasteiger partial charge < -0.3 is 15.3 Å². The molecule has 0 aromatic carbocycles. The summed E-state index contributed by atoms with van der Waals surface area (Å²) < 4.78 is 1.63. The zero-order valence-electron chi connectivity index (χ0n) is 10.7. The summed E-state index contributed by atoms with van der Waals surface area (Å²) in [6.07, 6.45) is 2.38. The van der Waals surface area contributed by atoms with Crippen LogP contribution in [-0.4, -0.2) is 44.0 Å². The predicted octanol–water partition coefficient (Wildman–Crippen LogP) is 0.537. The smallest absolute Gasteiger partial charge is 0.356 e. The fourth-order valence-corrected chi connectivity index (χ4v) is 2.43. The average molecular weight is 280 g/mol. The number of nitrogens with zero attached hydrogens (tertiary/aromatic N) is 3. The molecular formula is C12H16N4O2S. The van der Waals surface area contributed by atoms with Crippen molar-refractivity contribution in [2.45, 2.75) is 13.0 Å². The van der Waals surface area contributed by atoms with Crippen molar-refractivity contribution in [3.05, 3.63) is 29.6 Å². The van der Waals surface area contributed by atoms with Crippen molar-refractivity contribution in [3.8, 4) is 0 Å². The first kappa shape index (κ1) is 13.5. The Balaban J connectivity index is 2.18. The molecule has 1 aliphatic heterocycles. The van der Waals surface area contributed by atoms with Gasteiger partial charge in [0.2, 0.25) is 0 Å². The molecule has 7 heteroatoms. The molecule has 0 atom stereocenters. The van der Waals surface area contributed by atoms with Crippen LogP contribution >= 0.6 is 12.2 Å². The highest BCUT2D eigenvalue weighted by Crippen LogP contribution is 2.22. The Morgan fingerprint density at radius 2 is 2.42 bits per heavy atom. The van der Waals surface area contributed by atoms with E-state index in [0.717, 1.165) is 11.3 Å². The zero-order chi connectivity index (χ0) is 14.0. The van der Waals surface area contributed by atoms with Crippen molar-refractivity contribution in [2.24, 2.45) is 7.05 Å². The topological polar surface area (TPSA) is 70.4 Å². The van der Waals surface area contributed by atoms with Crippen molar-refractivity contribution in [2.75, 3.05) is 13.1 Å². The normalized spacial score (nSPS) is 13.8. The van der Waals surface area contributed by atoms with Crippen molar-refractivity contribution in [1.29, 1.82) is 0 Å². The minimum Gasteiger partial charge on any atom is -0.476 e. The molecule has 0 unspecified atom stereocenters. The molecule has 0 aliphatic carbocycles. The Kier molecular flexibility index (Phi) is 3.84. The highest BCUT2D eigenvalue weighted by atomic mass is 32.1.